The van der Waals surface area contributed by atoms with Crippen LogP contribution < -0.4 is 5.76 Å². The molecule has 0 saturated carbocycles. The van der Waals surface area contributed by atoms with Gasteiger partial charge < -0.3 is 14.1 Å². The number of carbonyl (C=O) groups excluding carboxylic acids is 1. The first-order valence-electron chi connectivity index (χ1n) is 8.06. The maximum Gasteiger partial charge on any atom is 0.420 e. The average Bonchev–Trinajstić information content (AvgIpc) is 2.91. The van der Waals surface area contributed by atoms with Crippen LogP contribution in [0.3, 0.4) is 0 Å². The number of carbonyl (C=O) groups is 1. The number of nitrogens with zero attached hydrogens (tertiary/aromatic N) is 2. The Labute approximate surface area is 140 Å². The molecule has 1 aliphatic heterocycles. The topological polar surface area (TPSA) is 64.7 Å². The predicted molar refractivity (Wildman–Crippen MR) is 89.4 cm³/mol. The predicted octanol–water partition coefficient (Wildman–Crippen LogP) is 1.48. The summed E-state index contributed by atoms with van der Waals surface area (Å²) in [6, 6.07) is 7.12. The number of hydrogen-bond acceptors (Lipinski definition) is 4. The van der Waals surface area contributed by atoms with Crippen LogP contribution in [-0.4, -0.2) is 41.7 Å². The lowest BCUT2D eigenvalue weighted by molar-refractivity contribution is -0.133. The van der Waals surface area contributed by atoms with Crippen LogP contribution in [0.2, 0.25) is 0 Å². The molecule has 1 amide bonds. The summed E-state index contributed by atoms with van der Waals surface area (Å²) in [6.45, 7) is 2.32. The van der Waals surface area contributed by atoms with Crippen molar-refractivity contribution in [1.29, 1.82) is 0 Å². The normalized spacial score (nSPS) is 15.5. The summed E-state index contributed by atoms with van der Waals surface area (Å²) in [6.07, 6.45) is 6.93. The molecule has 2 heterocycles. The molecule has 126 valence electrons. The standard InChI is InChI=1S/C18H20N2O4/c1-2-11-23-13-14-7-9-19(10-8-14)17(21)12-20-15-5-3-4-6-16(15)24-18(20)22/h1,3-6,14H,7-13H2. The van der Waals surface area contributed by atoms with Gasteiger partial charge in [0.05, 0.1) is 12.1 Å². The smallest absolute Gasteiger partial charge is 0.408 e. The Hall–Kier alpha value is -2.52. The number of para-hydroxylation sites is 2. The Kier molecular flexibility index (Phi) is 5.02. The number of likely N-dealkylation sites (tertiary alicyclic amines) is 1. The molecule has 24 heavy (non-hydrogen) atoms. The molecule has 0 radical (unpaired) electrons. The monoisotopic (exact) mass is 328 g/mol. The number of rotatable bonds is 5. The second-order valence-corrected chi connectivity index (χ2v) is 5.97. The van der Waals surface area contributed by atoms with Gasteiger partial charge in [0.2, 0.25) is 5.91 Å². The fraction of sp³-hybridized carbons (Fsp3) is 0.444. The maximum absolute atomic E-state index is 12.5. The zero-order chi connectivity index (χ0) is 16.9. The zero-order valence-electron chi connectivity index (χ0n) is 13.4. The summed E-state index contributed by atoms with van der Waals surface area (Å²) in [5.41, 5.74) is 1.15. The molecule has 1 aromatic carbocycles. The molecule has 0 atom stereocenters. The van der Waals surface area contributed by atoms with Gasteiger partial charge in [-0.05, 0) is 30.9 Å². The molecule has 0 bridgehead atoms. The number of piperidine rings is 1. The zero-order valence-corrected chi connectivity index (χ0v) is 13.4. The highest BCUT2D eigenvalue weighted by Crippen LogP contribution is 2.18. The van der Waals surface area contributed by atoms with Gasteiger partial charge in [-0.25, -0.2) is 4.79 Å². The maximum atomic E-state index is 12.5. The van der Waals surface area contributed by atoms with Crippen molar-refractivity contribution in [3.05, 3.63) is 34.8 Å². The Balaban J connectivity index is 1.59. The van der Waals surface area contributed by atoms with Crippen LogP contribution in [0.15, 0.2) is 33.5 Å². The van der Waals surface area contributed by atoms with E-state index in [2.05, 4.69) is 5.92 Å². The van der Waals surface area contributed by atoms with E-state index in [1.165, 1.54) is 4.57 Å². The Morgan fingerprint density at radius 2 is 2.08 bits per heavy atom. The van der Waals surface area contributed by atoms with E-state index in [4.69, 9.17) is 15.6 Å². The molecule has 6 nitrogen and oxygen atoms in total. The quantitative estimate of drug-likeness (QED) is 0.616. The third-order valence-corrected chi connectivity index (χ3v) is 4.37. The highest BCUT2D eigenvalue weighted by Gasteiger charge is 2.24. The molecule has 0 unspecified atom stereocenters. The van der Waals surface area contributed by atoms with E-state index < -0.39 is 5.76 Å². The van der Waals surface area contributed by atoms with Crippen LogP contribution in [0.1, 0.15) is 12.8 Å². The summed E-state index contributed by atoms with van der Waals surface area (Å²) in [5, 5.41) is 0. The van der Waals surface area contributed by atoms with Crippen molar-refractivity contribution in [2.24, 2.45) is 5.92 Å². The first-order chi connectivity index (χ1) is 11.7. The van der Waals surface area contributed by atoms with Crippen LogP contribution in [0, 0.1) is 18.3 Å². The van der Waals surface area contributed by atoms with Crippen molar-refractivity contribution < 1.29 is 13.9 Å². The van der Waals surface area contributed by atoms with Crippen molar-refractivity contribution in [2.75, 3.05) is 26.3 Å². The molecule has 0 aliphatic carbocycles. The largest absolute Gasteiger partial charge is 0.420 e. The van der Waals surface area contributed by atoms with E-state index in [0.29, 0.717) is 43.3 Å². The lowest BCUT2D eigenvalue weighted by atomic mass is 9.98. The summed E-state index contributed by atoms with van der Waals surface area (Å²) in [4.78, 5) is 26.2. The Bertz CT molecular complexity index is 806. The van der Waals surface area contributed by atoms with Gasteiger partial charge >= 0.3 is 5.76 Å². The minimum Gasteiger partial charge on any atom is -0.408 e. The van der Waals surface area contributed by atoms with E-state index in [0.717, 1.165) is 12.8 Å². The van der Waals surface area contributed by atoms with Crippen molar-refractivity contribution in [3.63, 3.8) is 0 Å². The molecule has 0 N–H and O–H groups in total. The lowest BCUT2D eigenvalue weighted by Gasteiger charge is -2.31. The van der Waals surface area contributed by atoms with E-state index in [9.17, 15) is 9.59 Å². The highest BCUT2D eigenvalue weighted by molar-refractivity contribution is 5.79. The van der Waals surface area contributed by atoms with E-state index >= 15 is 0 Å². The number of aromatic nitrogens is 1. The Morgan fingerprint density at radius 3 is 2.83 bits per heavy atom. The second-order valence-electron chi connectivity index (χ2n) is 5.97. The minimum atomic E-state index is -0.498. The average molecular weight is 328 g/mol. The van der Waals surface area contributed by atoms with Gasteiger partial charge in [0, 0.05) is 13.1 Å². The lowest BCUT2D eigenvalue weighted by Crippen LogP contribution is -2.41. The molecule has 6 heteroatoms. The van der Waals surface area contributed by atoms with Crippen LogP contribution in [0.4, 0.5) is 0 Å². The number of amides is 1. The second kappa shape index (κ2) is 7.37. The highest BCUT2D eigenvalue weighted by atomic mass is 16.5. The van der Waals surface area contributed by atoms with Crippen molar-refractivity contribution in [1.82, 2.24) is 9.47 Å². The van der Waals surface area contributed by atoms with Gasteiger partial charge in [-0.2, -0.15) is 0 Å². The third kappa shape index (κ3) is 3.52. The molecule has 0 spiro atoms. The summed E-state index contributed by atoms with van der Waals surface area (Å²) in [7, 11) is 0. The number of oxazole rings is 1. The van der Waals surface area contributed by atoms with Gasteiger partial charge in [0.1, 0.15) is 13.2 Å². The van der Waals surface area contributed by atoms with Crippen molar-refractivity contribution in [3.8, 4) is 12.3 Å². The molecule has 1 fully saturated rings. The minimum absolute atomic E-state index is 0.00804. The first kappa shape index (κ1) is 16.3. The number of ether oxygens (including phenoxy) is 1. The summed E-state index contributed by atoms with van der Waals surface area (Å²) < 4.78 is 11.9. The molecular formula is C18H20N2O4. The SMILES string of the molecule is C#CCOCC1CCN(C(=O)Cn2c(=O)oc3ccccc32)CC1. The van der Waals surface area contributed by atoms with Crippen molar-refractivity contribution in [2.45, 2.75) is 19.4 Å². The van der Waals surface area contributed by atoms with Gasteiger partial charge in [-0.15, -0.1) is 6.42 Å². The van der Waals surface area contributed by atoms with Crippen LogP contribution in [-0.2, 0) is 16.1 Å². The van der Waals surface area contributed by atoms with Gasteiger partial charge in [-0.3, -0.25) is 9.36 Å². The number of hydrogen-bond donors (Lipinski definition) is 0. The third-order valence-electron chi connectivity index (χ3n) is 4.37. The van der Waals surface area contributed by atoms with E-state index in [1.807, 2.05) is 6.07 Å². The van der Waals surface area contributed by atoms with E-state index in [-0.39, 0.29) is 12.5 Å². The molecule has 1 saturated heterocycles. The molecule has 3 rings (SSSR count). The number of terminal acetylenes is 1. The molecule has 2 aromatic rings. The first-order valence-corrected chi connectivity index (χ1v) is 8.06. The van der Waals surface area contributed by atoms with Crippen LogP contribution >= 0.6 is 0 Å². The van der Waals surface area contributed by atoms with Gasteiger partial charge in [0.15, 0.2) is 5.58 Å². The van der Waals surface area contributed by atoms with E-state index in [1.54, 1.807) is 23.1 Å². The Morgan fingerprint density at radius 1 is 1.33 bits per heavy atom. The van der Waals surface area contributed by atoms with Gasteiger partial charge in [0.25, 0.3) is 0 Å². The summed E-state index contributed by atoms with van der Waals surface area (Å²) in [5.74, 6) is 2.32. The van der Waals surface area contributed by atoms with Crippen molar-refractivity contribution >= 4 is 17.0 Å². The number of benzene rings is 1. The fourth-order valence-electron chi connectivity index (χ4n) is 3.03. The molecular weight excluding hydrogens is 308 g/mol. The molecule has 1 aromatic heterocycles. The van der Waals surface area contributed by atoms with Crippen LogP contribution in [0.5, 0.6) is 0 Å². The summed E-state index contributed by atoms with van der Waals surface area (Å²) >= 11 is 0. The molecule has 1 aliphatic rings. The number of fused-ring (bicyclic) bond motifs is 1. The van der Waals surface area contributed by atoms with Gasteiger partial charge in [-0.1, -0.05) is 18.1 Å². The van der Waals surface area contributed by atoms with Crippen LogP contribution in [0.25, 0.3) is 11.1 Å². The fourth-order valence-corrected chi connectivity index (χ4v) is 3.03.